The zero-order valence-corrected chi connectivity index (χ0v) is 17.6. The van der Waals surface area contributed by atoms with Crippen LogP contribution in [0.15, 0.2) is 71.8 Å². The molecule has 0 fully saturated rings. The zero-order chi connectivity index (χ0) is 21.8. The van der Waals surface area contributed by atoms with Crippen LogP contribution in [0.4, 0.5) is 0 Å². The highest BCUT2D eigenvalue weighted by Gasteiger charge is 2.19. The van der Waals surface area contributed by atoms with Crippen LogP contribution in [-0.4, -0.2) is 26.1 Å². The molecule has 2 aromatic carbocycles. The van der Waals surface area contributed by atoms with Crippen molar-refractivity contribution in [1.82, 2.24) is 15.0 Å². The van der Waals surface area contributed by atoms with E-state index in [2.05, 4.69) is 15.0 Å². The Morgan fingerprint density at radius 3 is 2.71 bits per heavy atom. The Morgan fingerprint density at radius 1 is 1.06 bits per heavy atom. The van der Waals surface area contributed by atoms with Gasteiger partial charge in [0.15, 0.2) is 11.5 Å². The van der Waals surface area contributed by atoms with Crippen molar-refractivity contribution in [3.8, 4) is 11.5 Å². The monoisotopic (exact) mass is 439 g/mol. The molecular weight excluding hydrogens is 418 g/mol. The van der Waals surface area contributed by atoms with E-state index < -0.39 is 10.0 Å². The van der Waals surface area contributed by atoms with Gasteiger partial charge >= 0.3 is 0 Å². The van der Waals surface area contributed by atoms with Gasteiger partial charge < -0.3 is 14.8 Å². The number of nitrogens with zero attached hydrogens (tertiary/aromatic N) is 1. The topological polar surface area (TPSA) is 107 Å². The normalized spacial score (nSPS) is 13.6. The number of hydrogen-bond acceptors (Lipinski definition) is 6. The summed E-state index contributed by atoms with van der Waals surface area (Å²) in [5, 5.41) is 2.83. The summed E-state index contributed by atoms with van der Waals surface area (Å²) in [5.74, 6) is 0.827. The summed E-state index contributed by atoms with van der Waals surface area (Å²) in [4.78, 5) is 16.8. The van der Waals surface area contributed by atoms with Gasteiger partial charge in [-0.05, 0) is 55.0 Å². The van der Waals surface area contributed by atoms with E-state index in [-0.39, 0.29) is 35.7 Å². The number of ether oxygens (including phenoxy) is 2. The lowest BCUT2D eigenvalue weighted by Crippen LogP contribution is -2.28. The molecule has 0 bridgehead atoms. The molecule has 2 heterocycles. The summed E-state index contributed by atoms with van der Waals surface area (Å²) in [7, 11) is -3.82. The van der Waals surface area contributed by atoms with Crippen molar-refractivity contribution in [2.75, 3.05) is 6.79 Å². The van der Waals surface area contributed by atoms with Crippen LogP contribution >= 0.6 is 0 Å². The van der Waals surface area contributed by atoms with E-state index in [0.717, 1.165) is 5.56 Å². The van der Waals surface area contributed by atoms with Crippen molar-refractivity contribution >= 4 is 15.9 Å². The number of pyridine rings is 1. The van der Waals surface area contributed by atoms with Gasteiger partial charge in [-0.25, -0.2) is 13.1 Å². The van der Waals surface area contributed by atoms with Crippen LogP contribution in [0.2, 0.25) is 0 Å². The molecule has 160 valence electrons. The van der Waals surface area contributed by atoms with Gasteiger partial charge in [-0.15, -0.1) is 0 Å². The van der Waals surface area contributed by atoms with Crippen molar-refractivity contribution in [3.63, 3.8) is 0 Å². The lowest BCUT2D eigenvalue weighted by atomic mass is 10.1. The summed E-state index contributed by atoms with van der Waals surface area (Å²) in [6.45, 7) is 2.04. The smallest absolute Gasteiger partial charge is 0.251 e. The van der Waals surface area contributed by atoms with E-state index >= 15 is 0 Å². The molecule has 0 spiro atoms. The lowest BCUT2D eigenvalue weighted by molar-refractivity contribution is 0.0939. The summed E-state index contributed by atoms with van der Waals surface area (Å²) in [5.41, 5.74) is 1.68. The standard InChI is InChI=1S/C22H21N3O5S/c1-15(19-7-2-3-10-23-19)25-22(26)17-5-4-6-18(12-17)31(27,28)24-13-16-8-9-20-21(11-16)30-14-29-20/h2-12,15,24H,13-14H2,1H3,(H,25,26). The highest BCUT2D eigenvalue weighted by Crippen LogP contribution is 2.32. The maximum atomic E-state index is 12.7. The van der Waals surface area contributed by atoms with Gasteiger partial charge in [0.05, 0.1) is 16.6 Å². The third kappa shape index (κ3) is 4.84. The van der Waals surface area contributed by atoms with Crippen LogP contribution in [0, 0.1) is 0 Å². The average molecular weight is 439 g/mol. The molecule has 1 aliphatic heterocycles. The van der Waals surface area contributed by atoms with Gasteiger partial charge in [0.1, 0.15) is 0 Å². The van der Waals surface area contributed by atoms with E-state index in [1.54, 1.807) is 36.5 Å². The van der Waals surface area contributed by atoms with Gasteiger partial charge in [-0.2, -0.15) is 0 Å². The molecule has 0 saturated heterocycles. The van der Waals surface area contributed by atoms with Crippen molar-refractivity contribution in [2.24, 2.45) is 0 Å². The average Bonchev–Trinajstić information content (AvgIpc) is 3.26. The zero-order valence-electron chi connectivity index (χ0n) is 16.7. The molecule has 31 heavy (non-hydrogen) atoms. The first-order chi connectivity index (χ1) is 14.9. The fourth-order valence-corrected chi connectivity index (χ4v) is 4.17. The quantitative estimate of drug-likeness (QED) is 0.586. The fraction of sp³-hybridized carbons (Fsp3) is 0.182. The second kappa shape index (κ2) is 8.75. The Labute approximate surface area is 180 Å². The number of nitrogens with one attached hydrogen (secondary N) is 2. The Hall–Kier alpha value is -3.43. The number of amides is 1. The largest absolute Gasteiger partial charge is 0.454 e. The third-order valence-corrected chi connectivity index (χ3v) is 6.19. The first kappa shape index (κ1) is 20.8. The van der Waals surface area contributed by atoms with Gasteiger partial charge in [-0.3, -0.25) is 9.78 Å². The molecule has 1 unspecified atom stereocenters. The number of benzene rings is 2. The molecule has 4 rings (SSSR count). The second-order valence-corrected chi connectivity index (χ2v) is 8.76. The molecule has 1 atom stereocenters. The van der Waals surface area contributed by atoms with E-state index in [9.17, 15) is 13.2 Å². The number of rotatable bonds is 7. The highest BCUT2D eigenvalue weighted by molar-refractivity contribution is 7.89. The van der Waals surface area contributed by atoms with Crippen molar-refractivity contribution in [3.05, 3.63) is 83.7 Å². The Morgan fingerprint density at radius 2 is 1.90 bits per heavy atom. The first-order valence-corrected chi connectivity index (χ1v) is 11.1. The molecule has 3 aromatic rings. The Balaban J connectivity index is 1.44. The minimum atomic E-state index is -3.82. The van der Waals surface area contributed by atoms with E-state index in [1.165, 1.54) is 18.2 Å². The van der Waals surface area contributed by atoms with Crippen LogP contribution in [0.1, 0.15) is 34.6 Å². The molecule has 8 nitrogen and oxygen atoms in total. The highest BCUT2D eigenvalue weighted by atomic mass is 32.2. The predicted octanol–water partition coefficient (Wildman–Crippen LogP) is 2.78. The van der Waals surface area contributed by atoms with Gasteiger partial charge in [0, 0.05) is 18.3 Å². The molecule has 1 aromatic heterocycles. The summed E-state index contributed by atoms with van der Waals surface area (Å²) >= 11 is 0. The van der Waals surface area contributed by atoms with Crippen LogP contribution in [0.3, 0.4) is 0 Å². The molecule has 9 heteroatoms. The lowest BCUT2D eigenvalue weighted by Gasteiger charge is -2.14. The number of fused-ring (bicyclic) bond motifs is 1. The maximum Gasteiger partial charge on any atom is 0.251 e. The summed E-state index contributed by atoms with van der Waals surface area (Å²) in [6, 6.07) is 16.2. The molecule has 2 N–H and O–H groups in total. The van der Waals surface area contributed by atoms with Crippen molar-refractivity contribution < 1.29 is 22.7 Å². The van der Waals surface area contributed by atoms with E-state index in [1.807, 2.05) is 19.1 Å². The Bertz CT molecular complexity index is 1200. The van der Waals surface area contributed by atoms with Crippen LogP contribution in [-0.2, 0) is 16.6 Å². The summed E-state index contributed by atoms with van der Waals surface area (Å²) < 4.78 is 38.6. The molecule has 0 radical (unpaired) electrons. The Kier molecular flexibility index (Phi) is 5.88. The number of sulfonamides is 1. The molecule has 0 saturated carbocycles. The molecule has 0 aliphatic carbocycles. The minimum Gasteiger partial charge on any atom is -0.454 e. The second-order valence-electron chi connectivity index (χ2n) is 6.99. The van der Waals surface area contributed by atoms with Gasteiger partial charge in [0.2, 0.25) is 16.8 Å². The van der Waals surface area contributed by atoms with Gasteiger partial charge in [0.25, 0.3) is 5.91 Å². The predicted molar refractivity (Wildman–Crippen MR) is 113 cm³/mol. The first-order valence-electron chi connectivity index (χ1n) is 9.62. The van der Waals surface area contributed by atoms with Crippen molar-refractivity contribution in [1.29, 1.82) is 0 Å². The number of carbonyl (C=O) groups excluding carboxylic acids is 1. The fourth-order valence-electron chi connectivity index (χ4n) is 3.10. The number of hydrogen-bond donors (Lipinski definition) is 2. The molecule has 1 aliphatic rings. The van der Waals surface area contributed by atoms with E-state index in [4.69, 9.17) is 9.47 Å². The summed E-state index contributed by atoms with van der Waals surface area (Å²) in [6.07, 6.45) is 1.65. The SMILES string of the molecule is CC(NC(=O)c1cccc(S(=O)(=O)NCc2ccc3c(c2)OCO3)c1)c1ccccn1. The minimum absolute atomic E-state index is 0.00591. The number of aromatic nitrogens is 1. The number of carbonyl (C=O) groups is 1. The van der Waals surface area contributed by atoms with Crippen molar-refractivity contribution in [2.45, 2.75) is 24.4 Å². The third-order valence-electron chi connectivity index (χ3n) is 4.79. The molecular formula is C22H21N3O5S. The maximum absolute atomic E-state index is 12.7. The van der Waals surface area contributed by atoms with Crippen LogP contribution in [0.25, 0.3) is 0 Å². The van der Waals surface area contributed by atoms with Gasteiger partial charge in [-0.1, -0.05) is 18.2 Å². The van der Waals surface area contributed by atoms with Crippen LogP contribution in [0.5, 0.6) is 11.5 Å². The van der Waals surface area contributed by atoms with Crippen LogP contribution < -0.4 is 19.5 Å². The van der Waals surface area contributed by atoms with E-state index in [0.29, 0.717) is 17.2 Å². The molecule has 1 amide bonds.